The first-order valence-electron chi connectivity index (χ1n) is 6.74. The highest BCUT2D eigenvalue weighted by Gasteiger charge is 2.22. The average Bonchev–Trinajstić information content (AvgIpc) is 2.47. The molecule has 1 atom stereocenters. The van der Waals surface area contributed by atoms with Crippen molar-refractivity contribution >= 4 is 0 Å². The van der Waals surface area contributed by atoms with Gasteiger partial charge in [-0.2, -0.15) is 0 Å². The first-order chi connectivity index (χ1) is 9.30. The molecule has 1 aromatic carbocycles. The SMILES string of the molecule is COCc1cc(OC)cc(C2CCCNC2)c1OC. The van der Waals surface area contributed by atoms with E-state index in [0.717, 1.165) is 30.2 Å². The Labute approximate surface area is 115 Å². The van der Waals surface area contributed by atoms with E-state index in [9.17, 15) is 0 Å². The van der Waals surface area contributed by atoms with Crippen molar-refractivity contribution in [3.05, 3.63) is 23.3 Å². The Hall–Kier alpha value is -1.26. The largest absolute Gasteiger partial charge is 0.497 e. The number of rotatable bonds is 5. The number of piperidine rings is 1. The van der Waals surface area contributed by atoms with Gasteiger partial charge in [-0.15, -0.1) is 0 Å². The van der Waals surface area contributed by atoms with E-state index in [1.54, 1.807) is 21.3 Å². The van der Waals surface area contributed by atoms with E-state index in [0.29, 0.717) is 12.5 Å². The second-order valence-electron chi connectivity index (χ2n) is 4.89. The summed E-state index contributed by atoms with van der Waals surface area (Å²) in [6.07, 6.45) is 2.38. The van der Waals surface area contributed by atoms with Crippen LogP contribution in [0.25, 0.3) is 0 Å². The van der Waals surface area contributed by atoms with E-state index in [-0.39, 0.29) is 0 Å². The van der Waals surface area contributed by atoms with Crippen molar-refractivity contribution in [3.8, 4) is 11.5 Å². The van der Waals surface area contributed by atoms with Gasteiger partial charge < -0.3 is 19.5 Å². The molecule has 1 unspecified atom stereocenters. The van der Waals surface area contributed by atoms with Gasteiger partial charge in [0.2, 0.25) is 0 Å². The van der Waals surface area contributed by atoms with Crippen molar-refractivity contribution in [1.82, 2.24) is 5.32 Å². The van der Waals surface area contributed by atoms with Crippen molar-refractivity contribution in [2.45, 2.75) is 25.4 Å². The summed E-state index contributed by atoms with van der Waals surface area (Å²) in [6.45, 7) is 2.64. The molecule has 0 spiro atoms. The number of benzene rings is 1. The summed E-state index contributed by atoms with van der Waals surface area (Å²) in [6, 6.07) is 4.08. The fourth-order valence-corrected chi connectivity index (χ4v) is 2.73. The smallest absolute Gasteiger partial charge is 0.128 e. The van der Waals surface area contributed by atoms with Crippen LogP contribution in [0.4, 0.5) is 0 Å². The first-order valence-corrected chi connectivity index (χ1v) is 6.74. The number of ether oxygens (including phenoxy) is 3. The van der Waals surface area contributed by atoms with Crippen LogP contribution in [0, 0.1) is 0 Å². The van der Waals surface area contributed by atoms with Gasteiger partial charge in [0.15, 0.2) is 0 Å². The Balaban J connectivity index is 2.40. The van der Waals surface area contributed by atoms with E-state index in [1.165, 1.54) is 18.4 Å². The van der Waals surface area contributed by atoms with Gasteiger partial charge in [0.05, 0.1) is 20.8 Å². The second-order valence-corrected chi connectivity index (χ2v) is 4.89. The Morgan fingerprint density at radius 3 is 2.63 bits per heavy atom. The molecule has 1 fully saturated rings. The van der Waals surface area contributed by atoms with Crippen LogP contribution in [0.1, 0.15) is 29.9 Å². The van der Waals surface area contributed by atoms with E-state index >= 15 is 0 Å². The van der Waals surface area contributed by atoms with Crippen LogP contribution in [0.3, 0.4) is 0 Å². The molecule has 4 heteroatoms. The highest BCUT2D eigenvalue weighted by atomic mass is 16.5. The zero-order valence-corrected chi connectivity index (χ0v) is 12.0. The highest BCUT2D eigenvalue weighted by Crippen LogP contribution is 2.37. The lowest BCUT2D eigenvalue weighted by molar-refractivity contribution is 0.181. The number of methoxy groups -OCH3 is 3. The third-order valence-corrected chi connectivity index (χ3v) is 3.64. The molecule has 106 valence electrons. The molecule has 0 amide bonds. The molecule has 0 aliphatic carbocycles. The van der Waals surface area contributed by atoms with Gasteiger partial charge in [-0.1, -0.05) is 0 Å². The van der Waals surface area contributed by atoms with Crippen molar-refractivity contribution in [3.63, 3.8) is 0 Å². The van der Waals surface area contributed by atoms with Crippen molar-refractivity contribution < 1.29 is 14.2 Å². The number of nitrogens with one attached hydrogen (secondary N) is 1. The molecule has 19 heavy (non-hydrogen) atoms. The zero-order valence-electron chi connectivity index (χ0n) is 12.0. The fourth-order valence-electron chi connectivity index (χ4n) is 2.73. The van der Waals surface area contributed by atoms with Crippen LogP contribution in [0.2, 0.25) is 0 Å². The quantitative estimate of drug-likeness (QED) is 0.887. The van der Waals surface area contributed by atoms with Crippen LogP contribution >= 0.6 is 0 Å². The number of hydrogen-bond donors (Lipinski definition) is 1. The molecule has 1 aliphatic rings. The molecule has 1 saturated heterocycles. The first kappa shape index (κ1) is 14.2. The summed E-state index contributed by atoms with van der Waals surface area (Å²) in [7, 11) is 5.11. The maximum Gasteiger partial charge on any atom is 0.128 e. The molecular formula is C15H23NO3. The molecule has 1 N–H and O–H groups in total. The highest BCUT2D eigenvalue weighted by molar-refractivity contribution is 5.49. The standard InChI is InChI=1S/C15H23NO3/c1-17-10-12-7-13(18-2)8-14(15(12)19-3)11-5-4-6-16-9-11/h7-8,11,16H,4-6,9-10H2,1-3H3. The lowest BCUT2D eigenvalue weighted by Crippen LogP contribution is -2.28. The summed E-state index contributed by atoms with van der Waals surface area (Å²) in [5.74, 6) is 2.29. The monoisotopic (exact) mass is 265 g/mol. The van der Waals surface area contributed by atoms with Gasteiger partial charge in [0.25, 0.3) is 0 Å². The Kier molecular flexibility index (Phi) is 5.05. The Bertz CT molecular complexity index is 414. The van der Waals surface area contributed by atoms with Crippen molar-refractivity contribution in [1.29, 1.82) is 0 Å². The minimum Gasteiger partial charge on any atom is -0.497 e. The Morgan fingerprint density at radius 2 is 2.05 bits per heavy atom. The minimum atomic E-state index is 0.481. The molecule has 1 heterocycles. The zero-order chi connectivity index (χ0) is 13.7. The van der Waals surface area contributed by atoms with Crippen LogP contribution in [0.15, 0.2) is 12.1 Å². The molecule has 4 nitrogen and oxygen atoms in total. The van der Waals surface area contributed by atoms with Crippen molar-refractivity contribution in [2.24, 2.45) is 0 Å². The summed E-state index contributed by atoms with van der Waals surface area (Å²) in [4.78, 5) is 0. The topological polar surface area (TPSA) is 39.7 Å². The predicted octanol–water partition coefficient (Wildman–Crippen LogP) is 2.32. The van der Waals surface area contributed by atoms with Gasteiger partial charge >= 0.3 is 0 Å². The maximum atomic E-state index is 5.62. The van der Waals surface area contributed by atoms with Crippen LogP contribution in [-0.2, 0) is 11.3 Å². The Morgan fingerprint density at radius 1 is 1.21 bits per heavy atom. The maximum absolute atomic E-state index is 5.62. The van der Waals surface area contributed by atoms with Gasteiger partial charge in [-0.3, -0.25) is 0 Å². The van der Waals surface area contributed by atoms with E-state index < -0.39 is 0 Å². The second kappa shape index (κ2) is 6.78. The summed E-state index contributed by atoms with van der Waals surface area (Å²) in [5.41, 5.74) is 2.27. The lowest BCUT2D eigenvalue weighted by Gasteiger charge is -2.26. The number of hydrogen-bond acceptors (Lipinski definition) is 4. The van der Waals surface area contributed by atoms with Crippen LogP contribution < -0.4 is 14.8 Å². The van der Waals surface area contributed by atoms with Crippen LogP contribution in [-0.4, -0.2) is 34.4 Å². The average molecular weight is 265 g/mol. The molecule has 0 saturated carbocycles. The van der Waals surface area contributed by atoms with Crippen molar-refractivity contribution in [2.75, 3.05) is 34.4 Å². The van der Waals surface area contributed by atoms with E-state index in [1.807, 2.05) is 6.07 Å². The summed E-state index contributed by atoms with van der Waals surface area (Å²) >= 11 is 0. The third kappa shape index (κ3) is 3.19. The van der Waals surface area contributed by atoms with Gasteiger partial charge in [-0.25, -0.2) is 0 Å². The molecule has 1 aliphatic heterocycles. The third-order valence-electron chi connectivity index (χ3n) is 3.64. The molecule has 1 aromatic rings. The molecular weight excluding hydrogens is 242 g/mol. The van der Waals surface area contributed by atoms with Gasteiger partial charge in [0.1, 0.15) is 11.5 Å². The molecule has 0 aromatic heterocycles. The predicted molar refractivity (Wildman–Crippen MR) is 75.1 cm³/mol. The van der Waals surface area contributed by atoms with Gasteiger partial charge in [-0.05, 0) is 31.5 Å². The normalized spacial score (nSPS) is 19.2. The molecule has 0 bridgehead atoms. The van der Waals surface area contributed by atoms with Crippen LogP contribution in [0.5, 0.6) is 11.5 Å². The van der Waals surface area contributed by atoms with E-state index in [2.05, 4.69) is 11.4 Å². The van der Waals surface area contributed by atoms with E-state index in [4.69, 9.17) is 14.2 Å². The lowest BCUT2D eigenvalue weighted by atomic mass is 9.89. The summed E-state index contributed by atoms with van der Waals surface area (Å²) in [5, 5.41) is 3.45. The summed E-state index contributed by atoms with van der Waals surface area (Å²) < 4.78 is 16.3. The minimum absolute atomic E-state index is 0.481. The molecule has 0 radical (unpaired) electrons. The van der Waals surface area contributed by atoms with Gasteiger partial charge in [0, 0.05) is 30.7 Å². The molecule has 2 rings (SSSR count). The fraction of sp³-hybridized carbons (Fsp3) is 0.600.